The van der Waals surface area contributed by atoms with Gasteiger partial charge in [-0.2, -0.15) is 0 Å². The molecule has 4 rings (SSSR count). The fourth-order valence-electron chi connectivity index (χ4n) is 3.69. The SMILES string of the molecule is CC(C)c1ccc2c(Nc3cc(C(=O)NC(C)(C)COP(=O)(O)O)ccc3Sc3ccc(N)cc3)ncnc2n1. The van der Waals surface area contributed by atoms with Crippen molar-refractivity contribution in [1.82, 2.24) is 20.3 Å². The van der Waals surface area contributed by atoms with Gasteiger partial charge < -0.3 is 26.2 Å². The molecule has 40 heavy (non-hydrogen) atoms. The molecule has 0 saturated heterocycles. The predicted molar refractivity (Wildman–Crippen MR) is 156 cm³/mol. The van der Waals surface area contributed by atoms with Gasteiger partial charge in [0.05, 0.1) is 23.2 Å². The van der Waals surface area contributed by atoms with Crippen LogP contribution in [-0.4, -0.2) is 42.8 Å². The first kappa shape index (κ1) is 29.4. The number of carbonyl (C=O) groups is 1. The first-order valence-corrected chi connectivity index (χ1v) is 14.7. The third-order valence-electron chi connectivity index (χ3n) is 5.76. The van der Waals surface area contributed by atoms with Crippen molar-refractivity contribution in [2.75, 3.05) is 17.7 Å². The summed E-state index contributed by atoms with van der Waals surface area (Å²) in [6, 6.07) is 16.5. The smallest absolute Gasteiger partial charge is 0.399 e. The maximum atomic E-state index is 13.2. The van der Waals surface area contributed by atoms with Gasteiger partial charge in [-0.25, -0.2) is 19.5 Å². The zero-order chi connectivity index (χ0) is 29.1. The Hall–Kier alpha value is -3.54. The fourth-order valence-corrected chi connectivity index (χ4v) is 5.06. The van der Waals surface area contributed by atoms with Crippen LogP contribution >= 0.6 is 19.6 Å². The van der Waals surface area contributed by atoms with E-state index >= 15 is 0 Å². The number of pyridine rings is 1. The van der Waals surface area contributed by atoms with Crippen molar-refractivity contribution in [3.63, 3.8) is 0 Å². The zero-order valence-corrected chi connectivity index (χ0v) is 24.2. The molecule has 4 aromatic rings. The first-order chi connectivity index (χ1) is 18.8. The van der Waals surface area contributed by atoms with Gasteiger partial charge in [-0.3, -0.25) is 9.32 Å². The Labute approximate surface area is 236 Å². The number of nitrogens with one attached hydrogen (secondary N) is 2. The number of benzene rings is 2. The quantitative estimate of drug-likeness (QED) is 0.122. The van der Waals surface area contributed by atoms with Gasteiger partial charge in [0, 0.05) is 26.7 Å². The molecule has 1 amide bonds. The number of carbonyl (C=O) groups excluding carboxylic acids is 1. The van der Waals surface area contributed by atoms with E-state index < -0.39 is 19.3 Å². The number of rotatable bonds is 10. The van der Waals surface area contributed by atoms with Gasteiger partial charge in [-0.1, -0.05) is 25.6 Å². The number of phosphoric ester groups is 1. The van der Waals surface area contributed by atoms with Crippen LogP contribution < -0.4 is 16.4 Å². The monoisotopic (exact) mass is 582 g/mol. The van der Waals surface area contributed by atoms with Crippen molar-refractivity contribution in [2.45, 2.75) is 48.9 Å². The van der Waals surface area contributed by atoms with Crippen molar-refractivity contribution >= 4 is 53.7 Å². The van der Waals surface area contributed by atoms with Crippen molar-refractivity contribution in [3.8, 4) is 0 Å². The van der Waals surface area contributed by atoms with Crippen LogP contribution in [0.15, 0.2) is 70.7 Å². The molecule has 0 saturated carbocycles. The van der Waals surface area contributed by atoms with E-state index in [4.69, 9.17) is 15.5 Å². The van der Waals surface area contributed by atoms with E-state index in [9.17, 15) is 9.36 Å². The molecular formula is C27H31N6O5PS. The van der Waals surface area contributed by atoms with Crippen molar-refractivity contribution < 1.29 is 23.7 Å². The van der Waals surface area contributed by atoms with Gasteiger partial charge in [0.25, 0.3) is 5.91 Å². The maximum absolute atomic E-state index is 13.2. The van der Waals surface area contributed by atoms with Crippen LogP contribution in [0.1, 0.15) is 49.7 Å². The molecule has 0 aliphatic heterocycles. The lowest BCUT2D eigenvalue weighted by molar-refractivity contribution is 0.0854. The largest absolute Gasteiger partial charge is 0.469 e. The van der Waals surface area contributed by atoms with Gasteiger partial charge in [0.15, 0.2) is 5.65 Å². The number of aromatic nitrogens is 3. The second kappa shape index (κ2) is 11.9. The first-order valence-electron chi connectivity index (χ1n) is 12.4. The minimum Gasteiger partial charge on any atom is -0.399 e. The summed E-state index contributed by atoms with van der Waals surface area (Å²) in [5.41, 5.74) is 7.86. The van der Waals surface area contributed by atoms with Gasteiger partial charge in [0.1, 0.15) is 12.1 Å². The number of hydrogen-bond acceptors (Lipinski definition) is 9. The Kier molecular flexibility index (Phi) is 8.77. The molecule has 2 aromatic carbocycles. The van der Waals surface area contributed by atoms with Crippen LogP contribution in [0.25, 0.3) is 11.0 Å². The highest BCUT2D eigenvalue weighted by molar-refractivity contribution is 7.99. The Bertz CT molecular complexity index is 1580. The number of nitrogen functional groups attached to an aromatic ring is 1. The molecule has 6 N–H and O–H groups in total. The summed E-state index contributed by atoms with van der Waals surface area (Å²) < 4.78 is 15.7. The molecule has 0 spiro atoms. The highest BCUT2D eigenvalue weighted by Gasteiger charge is 2.26. The summed E-state index contributed by atoms with van der Waals surface area (Å²) in [7, 11) is -4.69. The minimum atomic E-state index is -4.69. The van der Waals surface area contributed by atoms with E-state index in [0.29, 0.717) is 28.4 Å². The average molecular weight is 583 g/mol. The zero-order valence-electron chi connectivity index (χ0n) is 22.5. The van der Waals surface area contributed by atoms with Crippen LogP contribution in [0.5, 0.6) is 0 Å². The molecule has 0 radical (unpaired) electrons. The van der Waals surface area contributed by atoms with Crippen LogP contribution in [0.3, 0.4) is 0 Å². The molecule has 11 nitrogen and oxygen atoms in total. The number of nitrogens with two attached hydrogens (primary N) is 1. The molecule has 0 aliphatic rings. The summed E-state index contributed by atoms with van der Waals surface area (Å²) in [4.78, 5) is 46.4. The van der Waals surface area contributed by atoms with Crippen molar-refractivity contribution in [3.05, 3.63) is 72.2 Å². The highest BCUT2D eigenvalue weighted by atomic mass is 32.2. The third-order valence-corrected chi connectivity index (χ3v) is 7.31. The lowest BCUT2D eigenvalue weighted by atomic mass is 10.1. The lowest BCUT2D eigenvalue weighted by Gasteiger charge is -2.26. The van der Waals surface area contributed by atoms with Crippen LogP contribution in [0.4, 0.5) is 17.2 Å². The summed E-state index contributed by atoms with van der Waals surface area (Å²) >= 11 is 1.48. The van der Waals surface area contributed by atoms with E-state index in [0.717, 1.165) is 20.9 Å². The van der Waals surface area contributed by atoms with E-state index in [-0.39, 0.29) is 12.5 Å². The summed E-state index contributed by atoms with van der Waals surface area (Å²) in [6.07, 6.45) is 1.44. The van der Waals surface area contributed by atoms with E-state index in [1.807, 2.05) is 42.5 Å². The topological polar surface area (TPSA) is 173 Å². The molecule has 2 heterocycles. The Morgan fingerprint density at radius 3 is 2.50 bits per heavy atom. The standard InChI is InChI=1S/C27H31N6O5PS/c1-16(2)21-11-10-20-24(31-21)29-15-30-25(20)32-22-13-17(26(34)33-27(3,4)14-38-39(35,36)37)5-12-23(22)40-19-8-6-18(28)7-9-19/h5-13,15-16H,14,28H2,1-4H3,(H,33,34)(H2,35,36,37)(H,29,30,31,32). The highest BCUT2D eigenvalue weighted by Crippen LogP contribution is 2.38. The lowest BCUT2D eigenvalue weighted by Crippen LogP contribution is -2.46. The number of fused-ring (bicyclic) bond motifs is 1. The maximum Gasteiger partial charge on any atom is 0.469 e. The number of nitrogens with zero attached hydrogens (tertiary/aromatic N) is 3. The Morgan fingerprint density at radius 2 is 1.82 bits per heavy atom. The molecule has 0 unspecified atom stereocenters. The molecular weight excluding hydrogens is 551 g/mol. The fraction of sp³-hybridized carbons (Fsp3) is 0.259. The minimum absolute atomic E-state index is 0.241. The Morgan fingerprint density at radius 1 is 1.10 bits per heavy atom. The second-order valence-electron chi connectivity index (χ2n) is 10.1. The van der Waals surface area contributed by atoms with Crippen LogP contribution in [0, 0.1) is 0 Å². The van der Waals surface area contributed by atoms with E-state index in [1.165, 1.54) is 18.1 Å². The molecule has 0 atom stereocenters. The molecule has 0 bridgehead atoms. The second-order valence-corrected chi connectivity index (χ2v) is 12.4. The van der Waals surface area contributed by atoms with Crippen LogP contribution in [0.2, 0.25) is 0 Å². The molecule has 2 aromatic heterocycles. The van der Waals surface area contributed by atoms with Gasteiger partial charge >= 0.3 is 7.82 Å². The summed E-state index contributed by atoms with van der Waals surface area (Å²) in [5.74, 6) is 0.326. The molecule has 210 valence electrons. The third kappa shape index (κ3) is 7.77. The van der Waals surface area contributed by atoms with Crippen molar-refractivity contribution in [2.24, 2.45) is 0 Å². The van der Waals surface area contributed by atoms with Gasteiger partial charge in [0.2, 0.25) is 0 Å². The van der Waals surface area contributed by atoms with E-state index in [2.05, 4.69) is 44.0 Å². The van der Waals surface area contributed by atoms with E-state index in [1.54, 1.807) is 26.0 Å². The average Bonchev–Trinajstić information content (AvgIpc) is 2.89. The number of phosphoric acid groups is 1. The molecule has 0 aliphatic carbocycles. The Balaban J connectivity index is 1.68. The predicted octanol–water partition coefficient (Wildman–Crippen LogP) is 5.24. The normalized spacial score (nSPS) is 12.1. The number of anilines is 3. The van der Waals surface area contributed by atoms with Gasteiger partial charge in [-0.05, 0) is 74.4 Å². The number of hydrogen-bond donors (Lipinski definition) is 5. The molecule has 0 fully saturated rings. The van der Waals surface area contributed by atoms with Crippen LogP contribution in [-0.2, 0) is 9.09 Å². The number of amides is 1. The molecule has 13 heteroatoms. The summed E-state index contributed by atoms with van der Waals surface area (Å²) in [6.45, 7) is 6.96. The van der Waals surface area contributed by atoms with Gasteiger partial charge in [-0.15, -0.1) is 0 Å². The van der Waals surface area contributed by atoms with Crippen molar-refractivity contribution in [1.29, 1.82) is 0 Å². The summed E-state index contributed by atoms with van der Waals surface area (Å²) in [5, 5.41) is 6.84.